The normalized spacial score (nSPS) is 15.9. The SMILES string of the molecule is CC[NH+]1CCN(c2ccc(NC(=O)C[NH2+][C@@H](C)c3ccc(F)c(F)c3)cc2)CC1. The number of rotatable bonds is 7. The molecule has 2 aromatic carbocycles. The number of anilines is 2. The van der Waals surface area contributed by atoms with Crippen LogP contribution in [0.3, 0.4) is 0 Å². The molecule has 1 atom stereocenters. The second kappa shape index (κ2) is 9.80. The Bertz CT molecular complexity index is 820. The van der Waals surface area contributed by atoms with Crippen molar-refractivity contribution < 1.29 is 23.8 Å². The minimum absolute atomic E-state index is 0.132. The molecule has 0 radical (unpaired) electrons. The number of likely N-dealkylation sites (N-methyl/N-ethyl adjacent to an activating group) is 1. The minimum Gasteiger partial charge on any atom is -0.360 e. The van der Waals surface area contributed by atoms with Crippen LogP contribution in [0.2, 0.25) is 0 Å². The van der Waals surface area contributed by atoms with E-state index >= 15 is 0 Å². The van der Waals surface area contributed by atoms with Crippen LogP contribution in [0.25, 0.3) is 0 Å². The van der Waals surface area contributed by atoms with E-state index in [4.69, 9.17) is 0 Å². The van der Waals surface area contributed by atoms with E-state index in [1.54, 1.807) is 10.2 Å². The highest BCUT2D eigenvalue weighted by Gasteiger charge is 2.19. The Balaban J connectivity index is 1.47. The van der Waals surface area contributed by atoms with Crippen LogP contribution in [-0.2, 0) is 4.79 Å². The van der Waals surface area contributed by atoms with Crippen molar-refractivity contribution in [3.8, 4) is 0 Å². The number of benzene rings is 2. The van der Waals surface area contributed by atoms with Gasteiger partial charge in [-0.05, 0) is 56.3 Å². The quantitative estimate of drug-likeness (QED) is 0.644. The Morgan fingerprint density at radius 3 is 2.45 bits per heavy atom. The summed E-state index contributed by atoms with van der Waals surface area (Å²) >= 11 is 0. The Labute approximate surface area is 170 Å². The predicted molar refractivity (Wildman–Crippen MR) is 110 cm³/mol. The van der Waals surface area contributed by atoms with Crippen LogP contribution in [0.4, 0.5) is 20.2 Å². The van der Waals surface area contributed by atoms with Crippen molar-refractivity contribution in [2.45, 2.75) is 19.9 Å². The number of halogens is 2. The zero-order chi connectivity index (χ0) is 20.8. The Morgan fingerprint density at radius 2 is 1.83 bits per heavy atom. The molecule has 0 unspecified atom stereocenters. The van der Waals surface area contributed by atoms with Crippen molar-refractivity contribution >= 4 is 17.3 Å². The average molecular weight is 405 g/mol. The van der Waals surface area contributed by atoms with Crippen molar-refractivity contribution in [2.24, 2.45) is 0 Å². The van der Waals surface area contributed by atoms with Gasteiger partial charge in [-0.1, -0.05) is 0 Å². The molecule has 156 valence electrons. The number of nitrogens with zero attached hydrogens (tertiary/aromatic N) is 1. The molecule has 1 saturated heterocycles. The molecule has 7 heteroatoms. The Hall–Kier alpha value is -2.51. The molecule has 1 heterocycles. The second-order valence-corrected chi connectivity index (χ2v) is 7.59. The van der Waals surface area contributed by atoms with E-state index in [9.17, 15) is 13.6 Å². The number of nitrogens with two attached hydrogens (primary N) is 1. The standard InChI is InChI=1S/C22H28F2N4O/c1-3-27-10-12-28(13-11-27)19-7-5-18(6-8-19)26-22(29)15-25-16(2)17-4-9-20(23)21(24)14-17/h4-9,14,16,25H,3,10-13,15H2,1-2H3,(H,26,29)/p+2/t16-/m0/s1. The summed E-state index contributed by atoms with van der Waals surface area (Å²) in [6.45, 7) is 9.85. The molecule has 1 fully saturated rings. The summed E-state index contributed by atoms with van der Waals surface area (Å²) in [5, 5.41) is 4.69. The van der Waals surface area contributed by atoms with Gasteiger partial charge in [0.2, 0.25) is 0 Å². The summed E-state index contributed by atoms with van der Waals surface area (Å²) in [5.41, 5.74) is 2.58. The van der Waals surface area contributed by atoms with E-state index < -0.39 is 11.6 Å². The number of carbonyl (C=O) groups excluding carboxylic acids is 1. The number of quaternary nitrogens is 2. The van der Waals surface area contributed by atoms with Crippen molar-refractivity contribution in [3.05, 3.63) is 59.7 Å². The lowest BCUT2D eigenvalue weighted by Gasteiger charge is -2.33. The van der Waals surface area contributed by atoms with Gasteiger partial charge in [-0.25, -0.2) is 8.78 Å². The lowest BCUT2D eigenvalue weighted by Crippen LogP contribution is -3.14. The van der Waals surface area contributed by atoms with Gasteiger partial charge in [0.1, 0.15) is 6.04 Å². The number of carbonyl (C=O) groups is 1. The number of hydrogen-bond donors (Lipinski definition) is 3. The van der Waals surface area contributed by atoms with Gasteiger partial charge in [-0.15, -0.1) is 0 Å². The first-order chi connectivity index (χ1) is 14.0. The molecule has 29 heavy (non-hydrogen) atoms. The lowest BCUT2D eigenvalue weighted by molar-refractivity contribution is -0.898. The maximum absolute atomic E-state index is 13.4. The Morgan fingerprint density at radius 1 is 1.14 bits per heavy atom. The molecule has 0 bridgehead atoms. The summed E-state index contributed by atoms with van der Waals surface area (Å²) < 4.78 is 26.4. The third-order valence-electron chi connectivity index (χ3n) is 5.61. The molecule has 0 saturated carbocycles. The molecule has 0 spiro atoms. The van der Waals surface area contributed by atoms with Crippen molar-refractivity contribution in [1.29, 1.82) is 0 Å². The smallest absolute Gasteiger partial charge is 0.279 e. The topological polar surface area (TPSA) is 53.4 Å². The number of hydrogen-bond acceptors (Lipinski definition) is 2. The third kappa shape index (κ3) is 5.74. The summed E-state index contributed by atoms with van der Waals surface area (Å²) in [6.07, 6.45) is 0. The van der Waals surface area contributed by atoms with Gasteiger partial charge in [-0.2, -0.15) is 0 Å². The van der Waals surface area contributed by atoms with E-state index in [-0.39, 0.29) is 18.5 Å². The molecule has 5 nitrogen and oxygen atoms in total. The highest BCUT2D eigenvalue weighted by Crippen LogP contribution is 2.18. The molecule has 4 N–H and O–H groups in total. The fourth-order valence-corrected chi connectivity index (χ4v) is 3.62. The van der Waals surface area contributed by atoms with Crippen LogP contribution in [0.15, 0.2) is 42.5 Å². The summed E-state index contributed by atoms with van der Waals surface area (Å²) in [6, 6.07) is 11.6. The van der Waals surface area contributed by atoms with Gasteiger partial charge in [0.05, 0.1) is 32.7 Å². The molecular weight excluding hydrogens is 374 g/mol. The van der Waals surface area contributed by atoms with E-state index in [0.717, 1.165) is 37.9 Å². The van der Waals surface area contributed by atoms with Crippen molar-refractivity contribution in [1.82, 2.24) is 0 Å². The highest BCUT2D eigenvalue weighted by molar-refractivity contribution is 5.91. The first-order valence-corrected chi connectivity index (χ1v) is 10.2. The van der Waals surface area contributed by atoms with Gasteiger partial charge in [0.15, 0.2) is 18.2 Å². The monoisotopic (exact) mass is 404 g/mol. The summed E-state index contributed by atoms with van der Waals surface area (Å²) in [7, 11) is 0. The molecule has 0 aliphatic carbocycles. The minimum atomic E-state index is -0.871. The van der Waals surface area contributed by atoms with Crippen LogP contribution in [0.1, 0.15) is 25.5 Å². The van der Waals surface area contributed by atoms with E-state index in [1.807, 2.05) is 31.2 Å². The fraction of sp³-hybridized carbons (Fsp3) is 0.409. The zero-order valence-corrected chi connectivity index (χ0v) is 17.1. The van der Waals surface area contributed by atoms with Crippen LogP contribution >= 0.6 is 0 Å². The van der Waals surface area contributed by atoms with E-state index in [1.165, 1.54) is 24.4 Å². The largest absolute Gasteiger partial charge is 0.360 e. The molecule has 1 amide bonds. The third-order valence-corrected chi connectivity index (χ3v) is 5.61. The molecule has 0 aromatic heterocycles. The zero-order valence-electron chi connectivity index (χ0n) is 17.1. The number of amides is 1. The van der Waals surface area contributed by atoms with Gasteiger partial charge in [0.25, 0.3) is 5.91 Å². The summed E-state index contributed by atoms with van der Waals surface area (Å²) in [4.78, 5) is 16.3. The maximum atomic E-state index is 13.4. The molecule has 1 aliphatic heterocycles. The van der Waals surface area contributed by atoms with Gasteiger partial charge in [0, 0.05) is 16.9 Å². The van der Waals surface area contributed by atoms with Crippen molar-refractivity contribution in [2.75, 3.05) is 49.5 Å². The highest BCUT2D eigenvalue weighted by atomic mass is 19.2. The lowest BCUT2D eigenvalue weighted by atomic mass is 10.1. The predicted octanol–water partition coefficient (Wildman–Crippen LogP) is 0.953. The number of piperazine rings is 1. The van der Waals surface area contributed by atoms with Crippen LogP contribution < -0.4 is 20.4 Å². The van der Waals surface area contributed by atoms with Crippen LogP contribution in [0.5, 0.6) is 0 Å². The average Bonchev–Trinajstić information content (AvgIpc) is 2.74. The molecular formula is C22H30F2N4O+2. The Kier molecular flexibility index (Phi) is 7.17. The first kappa shape index (κ1) is 21.2. The van der Waals surface area contributed by atoms with E-state index in [0.29, 0.717) is 5.56 Å². The first-order valence-electron chi connectivity index (χ1n) is 10.2. The van der Waals surface area contributed by atoms with Crippen molar-refractivity contribution in [3.63, 3.8) is 0 Å². The van der Waals surface area contributed by atoms with Gasteiger partial charge in [-0.3, -0.25) is 4.79 Å². The van der Waals surface area contributed by atoms with E-state index in [2.05, 4.69) is 17.1 Å². The number of nitrogens with one attached hydrogen (secondary N) is 2. The molecule has 2 aromatic rings. The summed E-state index contributed by atoms with van der Waals surface area (Å²) in [5.74, 6) is -1.87. The van der Waals surface area contributed by atoms with Gasteiger partial charge >= 0.3 is 0 Å². The maximum Gasteiger partial charge on any atom is 0.279 e. The second-order valence-electron chi connectivity index (χ2n) is 7.59. The molecule has 1 aliphatic rings. The van der Waals surface area contributed by atoms with Gasteiger partial charge < -0.3 is 20.4 Å². The molecule has 3 rings (SSSR count). The van der Waals surface area contributed by atoms with Crippen LogP contribution in [0, 0.1) is 11.6 Å². The fourth-order valence-electron chi connectivity index (χ4n) is 3.62. The van der Waals surface area contributed by atoms with Crippen LogP contribution in [-0.4, -0.2) is 45.2 Å².